The molecule has 0 bridgehead atoms. The zero-order chi connectivity index (χ0) is 14.0. The van der Waals surface area contributed by atoms with Crippen LogP contribution in [0.4, 0.5) is 5.69 Å². The minimum atomic E-state index is -3.14. The number of nitrogens with two attached hydrogens (primary N) is 1. The lowest BCUT2D eigenvalue weighted by molar-refractivity contribution is 0.602. The molecular weight excluding hydrogens is 278 g/mol. The van der Waals surface area contributed by atoms with Crippen molar-refractivity contribution < 1.29 is 8.42 Å². The monoisotopic (exact) mass is 293 g/mol. The van der Waals surface area contributed by atoms with Gasteiger partial charge in [-0.05, 0) is 48.9 Å². The maximum absolute atomic E-state index is 11.4. The summed E-state index contributed by atoms with van der Waals surface area (Å²) >= 11 is 1.52. The highest BCUT2D eigenvalue weighted by atomic mass is 32.2. The van der Waals surface area contributed by atoms with Gasteiger partial charge in [0.1, 0.15) is 0 Å². The molecule has 0 saturated heterocycles. The first-order chi connectivity index (χ1) is 8.86. The van der Waals surface area contributed by atoms with E-state index in [4.69, 9.17) is 5.73 Å². The van der Waals surface area contributed by atoms with Crippen molar-refractivity contribution in [3.63, 3.8) is 0 Å². The molecule has 0 fully saturated rings. The van der Waals surface area contributed by atoms with E-state index in [0.717, 1.165) is 21.0 Å². The Morgan fingerprint density at radius 2 is 1.68 bits per heavy atom. The number of aryl methyl sites for hydroxylation is 1. The minimum Gasteiger partial charge on any atom is -0.398 e. The summed E-state index contributed by atoms with van der Waals surface area (Å²) in [5, 5.41) is 0. The topological polar surface area (TPSA) is 60.2 Å². The Hall–Kier alpha value is -1.46. The fraction of sp³-hybridized carbons (Fsp3) is 0.143. The highest BCUT2D eigenvalue weighted by Gasteiger charge is 2.07. The molecule has 0 aromatic heterocycles. The largest absolute Gasteiger partial charge is 0.398 e. The van der Waals surface area contributed by atoms with Gasteiger partial charge in [0, 0.05) is 21.7 Å². The number of benzene rings is 2. The van der Waals surface area contributed by atoms with Gasteiger partial charge in [-0.15, -0.1) is 0 Å². The van der Waals surface area contributed by atoms with E-state index in [1.807, 2.05) is 25.1 Å². The molecule has 0 unspecified atom stereocenters. The third-order valence-corrected chi connectivity index (χ3v) is 4.87. The van der Waals surface area contributed by atoms with Crippen molar-refractivity contribution in [2.45, 2.75) is 21.6 Å². The number of hydrogen-bond donors (Lipinski definition) is 1. The van der Waals surface area contributed by atoms with Gasteiger partial charge in [0.2, 0.25) is 0 Å². The van der Waals surface area contributed by atoms with Crippen molar-refractivity contribution in [3.05, 3.63) is 48.0 Å². The number of anilines is 1. The molecule has 19 heavy (non-hydrogen) atoms. The summed E-state index contributed by atoms with van der Waals surface area (Å²) < 4.78 is 22.7. The molecule has 0 heterocycles. The molecule has 2 aromatic rings. The van der Waals surface area contributed by atoms with Crippen LogP contribution in [0.25, 0.3) is 0 Å². The molecule has 0 spiro atoms. The fourth-order valence-corrected chi connectivity index (χ4v) is 3.11. The SMILES string of the molecule is Cc1ccc(Sc2ccc(S(C)(=O)=O)cc2)c(N)c1. The second-order valence-corrected chi connectivity index (χ2v) is 7.52. The number of sulfone groups is 1. The Balaban J connectivity index is 2.25. The quantitative estimate of drug-likeness (QED) is 0.883. The van der Waals surface area contributed by atoms with Gasteiger partial charge in [0.25, 0.3) is 0 Å². The zero-order valence-electron chi connectivity index (χ0n) is 10.8. The number of rotatable bonds is 3. The first-order valence-corrected chi connectivity index (χ1v) is 8.41. The van der Waals surface area contributed by atoms with Gasteiger partial charge in [-0.1, -0.05) is 17.8 Å². The molecule has 0 aliphatic heterocycles. The van der Waals surface area contributed by atoms with Gasteiger partial charge in [-0.2, -0.15) is 0 Å². The van der Waals surface area contributed by atoms with Gasteiger partial charge in [-0.3, -0.25) is 0 Å². The molecule has 0 saturated carbocycles. The van der Waals surface area contributed by atoms with E-state index < -0.39 is 9.84 Å². The van der Waals surface area contributed by atoms with Crippen LogP contribution >= 0.6 is 11.8 Å². The minimum absolute atomic E-state index is 0.328. The Bertz CT molecular complexity index is 692. The van der Waals surface area contributed by atoms with E-state index >= 15 is 0 Å². The van der Waals surface area contributed by atoms with Gasteiger partial charge in [0.15, 0.2) is 9.84 Å². The Labute approximate surface area is 117 Å². The predicted octanol–water partition coefficient (Wildman–Crippen LogP) is 3.13. The van der Waals surface area contributed by atoms with Crippen molar-refractivity contribution in [3.8, 4) is 0 Å². The maximum Gasteiger partial charge on any atom is 0.175 e. The van der Waals surface area contributed by atoms with Gasteiger partial charge >= 0.3 is 0 Å². The summed E-state index contributed by atoms with van der Waals surface area (Å²) in [4.78, 5) is 2.26. The molecule has 2 aromatic carbocycles. The van der Waals surface area contributed by atoms with Crippen LogP contribution in [-0.2, 0) is 9.84 Å². The second kappa shape index (κ2) is 5.27. The van der Waals surface area contributed by atoms with Crippen molar-refractivity contribution in [2.24, 2.45) is 0 Å². The standard InChI is InChI=1S/C14H15NO2S2/c1-10-3-8-14(13(15)9-10)18-11-4-6-12(7-5-11)19(2,16)17/h3-9H,15H2,1-2H3. The third kappa shape index (κ3) is 3.52. The maximum atomic E-state index is 11.4. The fourth-order valence-electron chi connectivity index (χ4n) is 1.64. The van der Waals surface area contributed by atoms with E-state index in [9.17, 15) is 8.42 Å². The lowest BCUT2D eigenvalue weighted by Crippen LogP contribution is -1.96. The van der Waals surface area contributed by atoms with Crippen molar-refractivity contribution in [1.29, 1.82) is 0 Å². The molecule has 2 rings (SSSR count). The van der Waals surface area contributed by atoms with Crippen LogP contribution in [0.1, 0.15) is 5.56 Å². The van der Waals surface area contributed by atoms with E-state index in [-0.39, 0.29) is 0 Å². The van der Waals surface area contributed by atoms with Gasteiger partial charge in [0.05, 0.1) is 4.90 Å². The van der Waals surface area contributed by atoms with E-state index in [0.29, 0.717) is 4.90 Å². The predicted molar refractivity (Wildman–Crippen MR) is 79.3 cm³/mol. The smallest absolute Gasteiger partial charge is 0.175 e. The summed E-state index contributed by atoms with van der Waals surface area (Å²) in [6.45, 7) is 1.99. The molecule has 0 aliphatic carbocycles. The average Bonchev–Trinajstić information content (AvgIpc) is 2.32. The third-order valence-electron chi connectivity index (χ3n) is 2.64. The van der Waals surface area contributed by atoms with Crippen LogP contribution in [0.5, 0.6) is 0 Å². The first kappa shape index (κ1) is 14.0. The number of hydrogen-bond acceptors (Lipinski definition) is 4. The molecular formula is C14H15NO2S2. The molecule has 3 nitrogen and oxygen atoms in total. The average molecular weight is 293 g/mol. The summed E-state index contributed by atoms with van der Waals surface area (Å²) in [7, 11) is -3.14. The van der Waals surface area contributed by atoms with Crippen LogP contribution < -0.4 is 5.73 Å². The molecule has 5 heteroatoms. The van der Waals surface area contributed by atoms with Crippen molar-refractivity contribution in [2.75, 3.05) is 12.0 Å². The normalized spacial score (nSPS) is 11.5. The summed E-state index contributed by atoms with van der Waals surface area (Å²) in [5.74, 6) is 0. The summed E-state index contributed by atoms with van der Waals surface area (Å²) in [6, 6.07) is 12.7. The van der Waals surface area contributed by atoms with Crippen LogP contribution in [0.3, 0.4) is 0 Å². The lowest BCUT2D eigenvalue weighted by atomic mass is 10.2. The first-order valence-electron chi connectivity index (χ1n) is 5.70. The van der Waals surface area contributed by atoms with E-state index in [1.54, 1.807) is 24.3 Å². The molecule has 100 valence electrons. The Kier molecular flexibility index (Phi) is 3.87. The zero-order valence-corrected chi connectivity index (χ0v) is 12.4. The van der Waals surface area contributed by atoms with Gasteiger partial charge < -0.3 is 5.73 Å². The van der Waals surface area contributed by atoms with Crippen LogP contribution in [-0.4, -0.2) is 14.7 Å². The number of nitrogen functional groups attached to an aromatic ring is 1. The van der Waals surface area contributed by atoms with Crippen molar-refractivity contribution >= 4 is 27.3 Å². The van der Waals surface area contributed by atoms with E-state index in [2.05, 4.69) is 0 Å². The second-order valence-electron chi connectivity index (χ2n) is 4.39. The van der Waals surface area contributed by atoms with Crippen LogP contribution in [0.15, 0.2) is 57.2 Å². The summed E-state index contributed by atoms with van der Waals surface area (Å²) in [6.07, 6.45) is 1.20. The molecule has 0 atom stereocenters. The van der Waals surface area contributed by atoms with Crippen molar-refractivity contribution in [1.82, 2.24) is 0 Å². The highest BCUT2D eigenvalue weighted by molar-refractivity contribution is 7.99. The van der Waals surface area contributed by atoms with E-state index in [1.165, 1.54) is 18.0 Å². The van der Waals surface area contributed by atoms with Crippen LogP contribution in [0, 0.1) is 6.92 Å². The Morgan fingerprint density at radius 3 is 2.21 bits per heavy atom. The summed E-state index contributed by atoms with van der Waals surface area (Å²) in [5.41, 5.74) is 7.80. The molecule has 0 radical (unpaired) electrons. The van der Waals surface area contributed by atoms with Crippen LogP contribution in [0.2, 0.25) is 0 Å². The Morgan fingerprint density at radius 1 is 1.05 bits per heavy atom. The molecule has 2 N–H and O–H groups in total. The van der Waals surface area contributed by atoms with Gasteiger partial charge in [-0.25, -0.2) is 8.42 Å². The molecule has 0 aliphatic rings. The highest BCUT2D eigenvalue weighted by Crippen LogP contribution is 2.32. The lowest BCUT2D eigenvalue weighted by Gasteiger charge is -2.07. The molecule has 0 amide bonds.